The topological polar surface area (TPSA) is 89.2 Å². The van der Waals surface area contributed by atoms with Crippen LogP contribution in [-0.2, 0) is 6.61 Å². The smallest absolute Gasteiger partial charge is 0.315 e. The molecule has 1 N–H and O–H groups in total. The molecular weight excluding hydrogens is 396 g/mol. The van der Waals surface area contributed by atoms with Crippen molar-refractivity contribution in [3.05, 3.63) is 63.2 Å². The van der Waals surface area contributed by atoms with Crippen molar-refractivity contribution in [2.45, 2.75) is 32.9 Å². The fourth-order valence-electron chi connectivity index (χ4n) is 4.35. The van der Waals surface area contributed by atoms with Crippen molar-refractivity contribution in [1.82, 2.24) is 10.3 Å². The molecule has 2 aromatic carbocycles. The molecule has 2 heterocycles. The summed E-state index contributed by atoms with van der Waals surface area (Å²) >= 11 is 0. The molecule has 0 spiro atoms. The normalized spacial score (nSPS) is 20.5. The number of benzene rings is 2. The Morgan fingerprint density at radius 2 is 2.13 bits per heavy atom. The SMILES string of the molecule is CCN1CCC2=NNC(c3cc(OC)c(OCc4ccccc4C)c([N+](=O)[O-])c3)C2C1. The number of nitro groups is 1. The Bertz CT molecular complexity index is 1010. The van der Waals surface area contributed by atoms with Crippen LogP contribution >= 0.6 is 0 Å². The monoisotopic (exact) mass is 424 g/mol. The maximum atomic E-state index is 11.9. The Morgan fingerprint density at radius 1 is 1.32 bits per heavy atom. The van der Waals surface area contributed by atoms with E-state index in [-0.39, 0.29) is 30.0 Å². The molecule has 1 fully saturated rings. The second kappa shape index (κ2) is 8.93. The Labute approximate surface area is 182 Å². The number of hydrogen-bond acceptors (Lipinski definition) is 7. The van der Waals surface area contributed by atoms with Gasteiger partial charge in [-0.1, -0.05) is 31.2 Å². The van der Waals surface area contributed by atoms with Gasteiger partial charge < -0.3 is 19.8 Å². The van der Waals surface area contributed by atoms with Crippen LogP contribution in [0.2, 0.25) is 0 Å². The average molecular weight is 425 g/mol. The van der Waals surface area contributed by atoms with E-state index in [1.165, 1.54) is 7.11 Å². The number of fused-ring (bicyclic) bond motifs is 1. The van der Waals surface area contributed by atoms with Crippen molar-refractivity contribution in [3.8, 4) is 11.5 Å². The minimum atomic E-state index is -0.408. The highest BCUT2D eigenvalue weighted by molar-refractivity contribution is 5.90. The lowest BCUT2D eigenvalue weighted by molar-refractivity contribution is -0.386. The number of nitrogens with zero attached hydrogens (tertiary/aromatic N) is 3. The highest BCUT2D eigenvalue weighted by Gasteiger charge is 2.38. The Hall–Kier alpha value is -3.13. The molecule has 2 atom stereocenters. The van der Waals surface area contributed by atoms with E-state index < -0.39 is 4.92 Å². The van der Waals surface area contributed by atoms with Crippen molar-refractivity contribution in [3.63, 3.8) is 0 Å². The number of hydrogen-bond donors (Lipinski definition) is 1. The van der Waals surface area contributed by atoms with E-state index in [0.717, 1.165) is 48.5 Å². The summed E-state index contributed by atoms with van der Waals surface area (Å²) in [5.41, 5.74) is 7.07. The maximum Gasteiger partial charge on any atom is 0.315 e. The van der Waals surface area contributed by atoms with Gasteiger partial charge in [0.25, 0.3) is 0 Å². The zero-order chi connectivity index (χ0) is 22.0. The van der Waals surface area contributed by atoms with E-state index in [9.17, 15) is 10.1 Å². The predicted octanol–water partition coefficient (Wildman–Crippen LogP) is 3.83. The number of piperidine rings is 1. The number of methoxy groups -OCH3 is 1. The van der Waals surface area contributed by atoms with Crippen molar-refractivity contribution in [1.29, 1.82) is 0 Å². The zero-order valence-electron chi connectivity index (χ0n) is 18.1. The number of aryl methyl sites for hydroxylation is 1. The van der Waals surface area contributed by atoms with Crippen LogP contribution in [0.15, 0.2) is 41.5 Å². The van der Waals surface area contributed by atoms with E-state index in [1.54, 1.807) is 6.07 Å². The molecule has 164 valence electrons. The van der Waals surface area contributed by atoms with Gasteiger partial charge in [-0.15, -0.1) is 0 Å². The van der Waals surface area contributed by atoms with Gasteiger partial charge in [-0.25, -0.2) is 0 Å². The molecule has 0 aromatic heterocycles. The Morgan fingerprint density at radius 3 is 2.84 bits per heavy atom. The number of rotatable bonds is 7. The molecule has 2 aliphatic heterocycles. The molecule has 31 heavy (non-hydrogen) atoms. The van der Waals surface area contributed by atoms with Crippen molar-refractivity contribution < 1.29 is 14.4 Å². The minimum absolute atomic E-state index is 0.0960. The van der Waals surface area contributed by atoms with Gasteiger partial charge >= 0.3 is 5.69 Å². The fraction of sp³-hybridized carbons (Fsp3) is 0.435. The molecule has 0 aliphatic carbocycles. The van der Waals surface area contributed by atoms with E-state index in [1.807, 2.05) is 37.3 Å². The summed E-state index contributed by atoms with van der Waals surface area (Å²) in [5, 5.41) is 16.4. The first kappa shape index (κ1) is 21.1. The van der Waals surface area contributed by atoms with Crippen molar-refractivity contribution >= 4 is 11.4 Å². The van der Waals surface area contributed by atoms with Gasteiger partial charge in [0.05, 0.1) is 18.1 Å². The summed E-state index contributed by atoms with van der Waals surface area (Å²) in [7, 11) is 1.51. The second-order valence-corrected chi connectivity index (χ2v) is 8.00. The third-order valence-corrected chi connectivity index (χ3v) is 6.23. The number of likely N-dealkylation sites (tertiary alicyclic amines) is 1. The number of hydrazone groups is 1. The molecule has 8 heteroatoms. The molecular formula is C23H28N4O4. The number of nitro benzene ring substituents is 1. The van der Waals surface area contributed by atoms with E-state index in [4.69, 9.17) is 9.47 Å². The van der Waals surface area contributed by atoms with E-state index in [2.05, 4.69) is 22.4 Å². The van der Waals surface area contributed by atoms with Crippen LogP contribution in [0.1, 0.15) is 36.1 Å². The molecule has 0 bridgehead atoms. The van der Waals surface area contributed by atoms with Gasteiger partial charge in [0, 0.05) is 37.2 Å². The van der Waals surface area contributed by atoms with Crippen LogP contribution < -0.4 is 14.9 Å². The van der Waals surface area contributed by atoms with Crippen LogP contribution in [0.5, 0.6) is 11.5 Å². The van der Waals surface area contributed by atoms with Gasteiger partial charge in [-0.2, -0.15) is 5.10 Å². The predicted molar refractivity (Wildman–Crippen MR) is 119 cm³/mol. The lowest BCUT2D eigenvalue weighted by Crippen LogP contribution is -2.41. The van der Waals surface area contributed by atoms with Gasteiger partial charge in [0.1, 0.15) is 6.61 Å². The summed E-state index contributed by atoms with van der Waals surface area (Å²) in [6.45, 7) is 7.22. The van der Waals surface area contributed by atoms with Gasteiger partial charge in [-0.3, -0.25) is 10.1 Å². The van der Waals surface area contributed by atoms with E-state index >= 15 is 0 Å². The van der Waals surface area contributed by atoms with E-state index in [0.29, 0.717) is 5.75 Å². The van der Waals surface area contributed by atoms with Gasteiger partial charge in [-0.05, 0) is 36.2 Å². The fourth-order valence-corrected chi connectivity index (χ4v) is 4.35. The molecule has 8 nitrogen and oxygen atoms in total. The Kier molecular flexibility index (Phi) is 6.08. The average Bonchev–Trinajstić information content (AvgIpc) is 3.21. The summed E-state index contributed by atoms with van der Waals surface area (Å²) in [6, 6.07) is 11.1. The zero-order valence-corrected chi connectivity index (χ0v) is 18.1. The highest BCUT2D eigenvalue weighted by Crippen LogP contribution is 2.43. The lowest BCUT2D eigenvalue weighted by atomic mass is 9.86. The quantitative estimate of drug-likeness (QED) is 0.537. The molecule has 0 amide bonds. The molecule has 0 saturated carbocycles. The molecule has 2 aliphatic rings. The Balaban J connectivity index is 1.64. The first-order valence-corrected chi connectivity index (χ1v) is 10.6. The molecule has 0 radical (unpaired) electrons. The standard InChI is InChI=1S/C23H28N4O4/c1-4-26-10-9-19-18(13-26)22(25-24-19)17-11-20(27(28)29)23(21(12-17)30-3)31-14-16-8-6-5-7-15(16)2/h5-8,11-12,18,22,25H,4,9-10,13-14H2,1-3H3. The summed E-state index contributed by atoms with van der Waals surface area (Å²) in [4.78, 5) is 13.9. The molecule has 2 aromatic rings. The lowest BCUT2D eigenvalue weighted by Gasteiger charge is -2.32. The van der Waals surface area contributed by atoms with Crippen molar-refractivity contribution in [2.75, 3.05) is 26.7 Å². The van der Waals surface area contributed by atoms with Gasteiger partial charge in [0.15, 0.2) is 5.75 Å². The highest BCUT2D eigenvalue weighted by atomic mass is 16.6. The largest absolute Gasteiger partial charge is 0.493 e. The van der Waals surface area contributed by atoms with Gasteiger partial charge in [0.2, 0.25) is 5.75 Å². The summed E-state index contributed by atoms with van der Waals surface area (Å²) < 4.78 is 11.5. The maximum absolute atomic E-state index is 11.9. The van der Waals surface area contributed by atoms with Crippen LogP contribution in [-0.4, -0.2) is 42.3 Å². The third-order valence-electron chi connectivity index (χ3n) is 6.23. The molecule has 1 saturated heterocycles. The molecule has 4 rings (SSSR count). The summed E-state index contributed by atoms with van der Waals surface area (Å²) in [5.74, 6) is 0.699. The minimum Gasteiger partial charge on any atom is -0.493 e. The van der Waals surface area contributed by atoms with Crippen LogP contribution in [0.25, 0.3) is 0 Å². The third kappa shape index (κ3) is 4.20. The number of ether oxygens (including phenoxy) is 2. The first-order chi connectivity index (χ1) is 15.0. The van der Waals surface area contributed by atoms with Crippen LogP contribution in [0.4, 0.5) is 5.69 Å². The number of nitrogens with one attached hydrogen (secondary N) is 1. The second-order valence-electron chi connectivity index (χ2n) is 8.00. The van der Waals surface area contributed by atoms with Crippen molar-refractivity contribution in [2.24, 2.45) is 11.0 Å². The van der Waals surface area contributed by atoms with Crippen LogP contribution in [0.3, 0.4) is 0 Å². The molecule has 2 unspecified atom stereocenters. The summed E-state index contributed by atoms with van der Waals surface area (Å²) in [6.07, 6.45) is 0.916. The van der Waals surface area contributed by atoms with Crippen LogP contribution in [0, 0.1) is 23.0 Å². The first-order valence-electron chi connectivity index (χ1n) is 10.6.